The van der Waals surface area contributed by atoms with Gasteiger partial charge < -0.3 is 9.32 Å². The summed E-state index contributed by atoms with van der Waals surface area (Å²) in [7, 11) is 0. The van der Waals surface area contributed by atoms with E-state index in [9.17, 15) is 0 Å². The zero-order valence-electron chi connectivity index (χ0n) is 25.3. The molecule has 0 spiro atoms. The highest BCUT2D eigenvalue weighted by molar-refractivity contribution is 6.12. The van der Waals surface area contributed by atoms with Gasteiger partial charge in [-0.05, 0) is 98.8 Å². The van der Waals surface area contributed by atoms with Crippen LogP contribution in [0.3, 0.4) is 0 Å². The SMILES string of the molecule is CC1(C)c2ccccc2-c2ccc3oc4ccc(N(c5ccccc5)c5ccc(-c6ccc7ccccc7c6)cc5)cc4c3c21. The van der Waals surface area contributed by atoms with Crippen molar-refractivity contribution in [3.05, 3.63) is 163 Å². The van der Waals surface area contributed by atoms with Crippen molar-refractivity contribution >= 4 is 49.8 Å². The van der Waals surface area contributed by atoms with Gasteiger partial charge in [-0.25, -0.2) is 0 Å². The maximum atomic E-state index is 6.49. The van der Waals surface area contributed by atoms with Crippen LogP contribution in [0.5, 0.6) is 0 Å². The average Bonchev–Trinajstić information content (AvgIpc) is 3.57. The normalized spacial score (nSPS) is 13.3. The second kappa shape index (κ2) is 9.70. The van der Waals surface area contributed by atoms with E-state index in [4.69, 9.17) is 4.42 Å². The predicted octanol–water partition coefficient (Wildman–Crippen LogP) is 12.2. The molecule has 9 rings (SSSR count). The molecule has 0 saturated heterocycles. The fraction of sp³-hybridized carbons (Fsp3) is 0.0698. The van der Waals surface area contributed by atoms with Gasteiger partial charge >= 0.3 is 0 Å². The molecular formula is C43H31NO. The Bertz CT molecular complexity index is 2400. The lowest BCUT2D eigenvalue weighted by Crippen LogP contribution is -2.15. The third-order valence-corrected chi connectivity index (χ3v) is 9.62. The summed E-state index contributed by atoms with van der Waals surface area (Å²) in [5, 5.41) is 4.87. The third kappa shape index (κ3) is 3.96. The Morgan fingerprint density at radius 1 is 0.489 bits per heavy atom. The van der Waals surface area contributed by atoms with Crippen LogP contribution in [-0.4, -0.2) is 0 Å². The van der Waals surface area contributed by atoms with Gasteiger partial charge in [-0.3, -0.25) is 0 Å². The van der Waals surface area contributed by atoms with Crippen LogP contribution in [0.1, 0.15) is 25.0 Å². The first-order chi connectivity index (χ1) is 22.1. The van der Waals surface area contributed by atoms with E-state index < -0.39 is 0 Å². The molecule has 1 aliphatic rings. The molecule has 0 amide bonds. The Morgan fingerprint density at radius 3 is 2.00 bits per heavy atom. The maximum absolute atomic E-state index is 6.49. The van der Waals surface area contributed by atoms with Gasteiger partial charge in [0, 0.05) is 33.2 Å². The van der Waals surface area contributed by atoms with E-state index in [1.165, 1.54) is 49.5 Å². The highest BCUT2D eigenvalue weighted by Gasteiger charge is 2.37. The average molecular weight is 578 g/mol. The van der Waals surface area contributed by atoms with E-state index in [-0.39, 0.29) is 5.41 Å². The van der Waals surface area contributed by atoms with Crippen LogP contribution in [0.4, 0.5) is 17.1 Å². The minimum atomic E-state index is -0.129. The second-order valence-corrected chi connectivity index (χ2v) is 12.6. The Labute approximate surface area is 262 Å². The fourth-order valence-corrected chi connectivity index (χ4v) is 7.46. The molecule has 7 aromatic carbocycles. The van der Waals surface area contributed by atoms with Crippen LogP contribution in [-0.2, 0) is 5.41 Å². The predicted molar refractivity (Wildman–Crippen MR) is 189 cm³/mol. The molecule has 0 radical (unpaired) electrons. The largest absolute Gasteiger partial charge is 0.456 e. The molecular weight excluding hydrogens is 546 g/mol. The van der Waals surface area contributed by atoms with Crippen LogP contribution in [0, 0.1) is 0 Å². The van der Waals surface area contributed by atoms with E-state index in [1.54, 1.807) is 0 Å². The molecule has 0 aliphatic heterocycles. The van der Waals surface area contributed by atoms with Crippen molar-refractivity contribution in [2.75, 3.05) is 4.90 Å². The van der Waals surface area contributed by atoms with Crippen molar-refractivity contribution in [1.29, 1.82) is 0 Å². The molecule has 1 aromatic heterocycles. The highest BCUT2D eigenvalue weighted by atomic mass is 16.3. The first-order valence-corrected chi connectivity index (χ1v) is 15.6. The Kier molecular flexibility index (Phi) is 5.58. The van der Waals surface area contributed by atoms with E-state index >= 15 is 0 Å². The van der Waals surface area contributed by atoms with Gasteiger partial charge in [-0.1, -0.05) is 111 Å². The van der Waals surface area contributed by atoms with Crippen molar-refractivity contribution in [2.24, 2.45) is 0 Å². The number of hydrogen-bond donors (Lipinski definition) is 0. The maximum Gasteiger partial charge on any atom is 0.135 e. The van der Waals surface area contributed by atoms with Crippen LogP contribution in [0.2, 0.25) is 0 Å². The first-order valence-electron chi connectivity index (χ1n) is 15.6. The summed E-state index contributed by atoms with van der Waals surface area (Å²) < 4.78 is 6.49. The summed E-state index contributed by atoms with van der Waals surface area (Å²) in [6.45, 7) is 4.68. The van der Waals surface area contributed by atoms with Gasteiger partial charge in [0.05, 0.1) is 0 Å². The lowest BCUT2D eigenvalue weighted by molar-refractivity contribution is 0.657. The molecule has 2 heteroatoms. The first kappa shape index (κ1) is 25.9. The molecule has 214 valence electrons. The van der Waals surface area contributed by atoms with Crippen molar-refractivity contribution in [1.82, 2.24) is 0 Å². The summed E-state index contributed by atoms with van der Waals surface area (Å²) in [6.07, 6.45) is 0. The van der Waals surface area contributed by atoms with E-state index in [2.05, 4.69) is 170 Å². The molecule has 0 saturated carbocycles. The van der Waals surface area contributed by atoms with Crippen molar-refractivity contribution < 1.29 is 4.42 Å². The zero-order chi connectivity index (χ0) is 30.1. The van der Waals surface area contributed by atoms with Gasteiger partial charge in [-0.15, -0.1) is 0 Å². The molecule has 45 heavy (non-hydrogen) atoms. The molecule has 1 aliphatic carbocycles. The van der Waals surface area contributed by atoms with Crippen LogP contribution >= 0.6 is 0 Å². The number of fused-ring (bicyclic) bond motifs is 8. The quantitative estimate of drug-likeness (QED) is 0.207. The molecule has 8 aromatic rings. The van der Waals surface area contributed by atoms with Gasteiger partial charge in [-0.2, -0.15) is 0 Å². The third-order valence-electron chi connectivity index (χ3n) is 9.62. The minimum Gasteiger partial charge on any atom is -0.456 e. The fourth-order valence-electron chi connectivity index (χ4n) is 7.46. The molecule has 1 heterocycles. The van der Waals surface area contributed by atoms with Crippen molar-refractivity contribution in [2.45, 2.75) is 19.3 Å². The Morgan fingerprint density at radius 2 is 1.16 bits per heavy atom. The number of furan rings is 1. The lowest BCUT2D eigenvalue weighted by Gasteiger charge is -2.26. The Balaban J connectivity index is 1.20. The smallest absolute Gasteiger partial charge is 0.135 e. The Hall–Kier alpha value is -5.60. The summed E-state index contributed by atoms with van der Waals surface area (Å²) in [5.41, 5.74) is 12.8. The second-order valence-electron chi connectivity index (χ2n) is 12.6. The van der Waals surface area contributed by atoms with Gasteiger partial charge in [0.25, 0.3) is 0 Å². The van der Waals surface area contributed by atoms with E-state index in [1.807, 2.05) is 0 Å². The summed E-state index contributed by atoms with van der Waals surface area (Å²) in [5.74, 6) is 0. The summed E-state index contributed by atoms with van der Waals surface area (Å²) in [6, 6.07) is 54.6. The molecule has 0 N–H and O–H groups in total. The van der Waals surface area contributed by atoms with E-state index in [0.717, 1.165) is 33.6 Å². The number of hydrogen-bond acceptors (Lipinski definition) is 2. The highest BCUT2D eigenvalue weighted by Crippen LogP contribution is 2.53. The van der Waals surface area contributed by atoms with Crippen LogP contribution < -0.4 is 4.90 Å². The van der Waals surface area contributed by atoms with Crippen LogP contribution in [0.15, 0.2) is 156 Å². The number of rotatable bonds is 4. The van der Waals surface area contributed by atoms with Crippen molar-refractivity contribution in [3.63, 3.8) is 0 Å². The topological polar surface area (TPSA) is 16.4 Å². The zero-order valence-corrected chi connectivity index (χ0v) is 25.3. The summed E-state index contributed by atoms with van der Waals surface area (Å²) in [4.78, 5) is 2.34. The van der Waals surface area contributed by atoms with Gasteiger partial charge in [0.2, 0.25) is 0 Å². The summed E-state index contributed by atoms with van der Waals surface area (Å²) >= 11 is 0. The number of benzene rings is 7. The monoisotopic (exact) mass is 577 g/mol. The molecule has 0 atom stereocenters. The van der Waals surface area contributed by atoms with Gasteiger partial charge in [0.1, 0.15) is 11.2 Å². The number of para-hydroxylation sites is 1. The number of nitrogens with zero attached hydrogens (tertiary/aromatic N) is 1. The lowest BCUT2D eigenvalue weighted by atomic mass is 9.80. The molecule has 2 nitrogen and oxygen atoms in total. The molecule has 0 unspecified atom stereocenters. The van der Waals surface area contributed by atoms with Crippen molar-refractivity contribution in [3.8, 4) is 22.3 Å². The van der Waals surface area contributed by atoms with Gasteiger partial charge in [0.15, 0.2) is 0 Å². The minimum absolute atomic E-state index is 0.129. The standard InChI is InChI=1S/C43H31NO/c1-43(2)38-15-9-8-14-35(38)36-23-25-40-41(42(36)43)37-27-34(22-24-39(37)45-40)44(32-12-4-3-5-13-32)33-20-18-29(19-21-33)31-17-16-28-10-6-7-11-30(28)26-31/h3-27H,1-2H3. The number of anilines is 3. The van der Waals surface area contributed by atoms with Crippen LogP contribution in [0.25, 0.3) is 55.0 Å². The molecule has 0 fully saturated rings. The molecule has 0 bridgehead atoms. The van der Waals surface area contributed by atoms with E-state index in [0.29, 0.717) is 0 Å².